The van der Waals surface area contributed by atoms with E-state index >= 15 is 0 Å². The molecule has 7 nitrogen and oxygen atoms in total. The molecule has 0 aliphatic carbocycles. The molecule has 3 rings (SSSR count). The monoisotopic (exact) mass is 324 g/mol. The van der Waals surface area contributed by atoms with Gasteiger partial charge >= 0.3 is 0 Å². The van der Waals surface area contributed by atoms with Crippen LogP contribution in [0.5, 0.6) is 5.19 Å². The standard InChI is InChI=1S/C14H20N4O3S/c1-9-11(22-14(15-9)21-3)13(20)18-7-6-17-5-4-16(2)12(19)10(17)8-18/h10H,4-8H2,1-3H3/t10-/m0/s1. The third kappa shape index (κ3) is 2.56. The summed E-state index contributed by atoms with van der Waals surface area (Å²) in [7, 11) is 3.36. The van der Waals surface area contributed by atoms with Gasteiger partial charge in [0, 0.05) is 39.8 Å². The maximum atomic E-state index is 12.7. The number of aryl methyl sites for hydroxylation is 1. The predicted molar refractivity (Wildman–Crippen MR) is 82.3 cm³/mol. The van der Waals surface area contributed by atoms with Gasteiger partial charge in [-0.05, 0) is 6.92 Å². The number of ether oxygens (including phenoxy) is 1. The minimum atomic E-state index is -0.216. The van der Waals surface area contributed by atoms with Gasteiger partial charge in [0.15, 0.2) is 0 Å². The number of likely N-dealkylation sites (N-methyl/N-ethyl adjacent to an activating group) is 1. The summed E-state index contributed by atoms with van der Waals surface area (Å²) < 4.78 is 5.10. The fourth-order valence-electron chi connectivity index (χ4n) is 2.95. The van der Waals surface area contributed by atoms with Crippen molar-refractivity contribution < 1.29 is 14.3 Å². The van der Waals surface area contributed by atoms with Crippen LogP contribution in [0.15, 0.2) is 0 Å². The molecular formula is C14H20N4O3S. The molecule has 2 fully saturated rings. The molecule has 2 aliphatic rings. The maximum Gasteiger partial charge on any atom is 0.273 e. The molecule has 2 aliphatic heterocycles. The van der Waals surface area contributed by atoms with Gasteiger partial charge < -0.3 is 14.5 Å². The average molecular weight is 324 g/mol. The Hall–Kier alpha value is -1.67. The summed E-state index contributed by atoms with van der Waals surface area (Å²) in [6.45, 7) is 5.28. The van der Waals surface area contributed by atoms with Crippen molar-refractivity contribution in [2.75, 3.05) is 46.9 Å². The number of carbonyl (C=O) groups excluding carboxylic acids is 2. The van der Waals surface area contributed by atoms with Crippen LogP contribution in [-0.4, -0.2) is 84.4 Å². The number of nitrogens with zero attached hydrogens (tertiary/aromatic N) is 4. The predicted octanol–water partition coefficient (Wildman–Crippen LogP) is 0.0585. The maximum absolute atomic E-state index is 12.7. The third-order valence-corrected chi connectivity index (χ3v) is 5.41. The molecule has 2 amide bonds. The molecule has 0 saturated carbocycles. The van der Waals surface area contributed by atoms with E-state index in [0.717, 1.165) is 19.6 Å². The summed E-state index contributed by atoms with van der Waals surface area (Å²) in [6.07, 6.45) is 0. The van der Waals surface area contributed by atoms with Crippen molar-refractivity contribution in [2.24, 2.45) is 0 Å². The van der Waals surface area contributed by atoms with Crippen molar-refractivity contribution in [3.8, 4) is 5.19 Å². The van der Waals surface area contributed by atoms with Crippen molar-refractivity contribution in [3.05, 3.63) is 10.6 Å². The molecule has 2 saturated heterocycles. The van der Waals surface area contributed by atoms with Gasteiger partial charge in [-0.2, -0.15) is 0 Å². The summed E-state index contributed by atoms with van der Waals surface area (Å²) in [5.41, 5.74) is 0.682. The quantitative estimate of drug-likeness (QED) is 0.770. The summed E-state index contributed by atoms with van der Waals surface area (Å²) in [4.78, 5) is 35.5. The lowest BCUT2D eigenvalue weighted by Crippen LogP contribution is -2.64. The molecule has 1 aromatic rings. The van der Waals surface area contributed by atoms with Crippen molar-refractivity contribution in [3.63, 3.8) is 0 Å². The van der Waals surface area contributed by atoms with Crippen molar-refractivity contribution in [1.82, 2.24) is 19.7 Å². The minimum Gasteiger partial charge on any atom is -0.473 e. The van der Waals surface area contributed by atoms with Crippen LogP contribution in [0.4, 0.5) is 0 Å². The first-order valence-corrected chi connectivity index (χ1v) is 8.12. The van der Waals surface area contributed by atoms with Gasteiger partial charge in [0.1, 0.15) is 10.9 Å². The van der Waals surface area contributed by atoms with Gasteiger partial charge in [0.2, 0.25) is 5.91 Å². The molecule has 0 N–H and O–H groups in total. The number of hydrogen-bond acceptors (Lipinski definition) is 6. The number of fused-ring (bicyclic) bond motifs is 1. The normalized spacial score (nSPS) is 22.7. The molecule has 120 valence electrons. The minimum absolute atomic E-state index is 0.0565. The van der Waals surface area contributed by atoms with Gasteiger partial charge in [0.05, 0.1) is 12.8 Å². The van der Waals surface area contributed by atoms with Crippen LogP contribution in [-0.2, 0) is 4.79 Å². The number of thiazole rings is 1. The van der Waals surface area contributed by atoms with E-state index in [1.807, 2.05) is 14.0 Å². The van der Waals surface area contributed by atoms with Crippen LogP contribution < -0.4 is 4.74 Å². The van der Waals surface area contributed by atoms with E-state index < -0.39 is 0 Å². The lowest BCUT2D eigenvalue weighted by molar-refractivity contribution is -0.142. The fraction of sp³-hybridized carbons (Fsp3) is 0.643. The first-order chi connectivity index (χ1) is 10.5. The zero-order valence-electron chi connectivity index (χ0n) is 13.0. The van der Waals surface area contributed by atoms with E-state index in [2.05, 4.69) is 9.88 Å². The van der Waals surface area contributed by atoms with E-state index in [1.54, 1.807) is 16.9 Å². The van der Waals surface area contributed by atoms with Gasteiger partial charge in [-0.25, -0.2) is 4.98 Å². The number of carbonyl (C=O) groups is 2. The van der Waals surface area contributed by atoms with E-state index in [4.69, 9.17) is 4.74 Å². The number of rotatable bonds is 2. The fourth-order valence-corrected chi connectivity index (χ4v) is 3.80. The summed E-state index contributed by atoms with van der Waals surface area (Å²) in [5, 5.41) is 0.493. The molecule has 22 heavy (non-hydrogen) atoms. The lowest BCUT2D eigenvalue weighted by atomic mass is 10.1. The van der Waals surface area contributed by atoms with E-state index in [1.165, 1.54) is 11.3 Å². The van der Waals surface area contributed by atoms with Crippen molar-refractivity contribution in [1.29, 1.82) is 0 Å². The molecule has 0 unspecified atom stereocenters. The Bertz CT molecular complexity index is 603. The Labute approximate surface area is 133 Å². The van der Waals surface area contributed by atoms with E-state index in [0.29, 0.717) is 28.9 Å². The van der Waals surface area contributed by atoms with Crippen LogP contribution in [0.25, 0.3) is 0 Å². The van der Waals surface area contributed by atoms with Crippen LogP contribution in [0.2, 0.25) is 0 Å². The second-order valence-corrected chi connectivity index (χ2v) is 6.62. The van der Waals surface area contributed by atoms with Crippen molar-refractivity contribution in [2.45, 2.75) is 13.0 Å². The third-order valence-electron chi connectivity index (χ3n) is 4.31. The molecule has 0 aromatic carbocycles. The Balaban J connectivity index is 1.76. The highest BCUT2D eigenvalue weighted by Crippen LogP contribution is 2.27. The van der Waals surface area contributed by atoms with Crippen LogP contribution >= 0.6 is 11.3 Å². The highest BCUT2D eigenvalue weighted by Gasteiger charge is 2.39. The molecule has 3 heterocycles. The van der Waals surface area contributed by atoms with Gasteiger partial charge in [0.25, 0.3) is 11.1 Å². The van der Waals surface area contributed by atoms with E-state index in [9.17, 15) is 9.59 Å². The second kappa shape index (κ2) is 5.85. The van der Waals surface area contributed by atoms with Crippen LogP contribution in [0.3, 0.4) is 0 Å². The molecule has 1 atom stereocenters. The summed E-state index contributed by atoms with van der Waals surface area (Å²) >= 11 is 1.26. The molecule has 0 spiro atoms. The van der Waals surface area contributed by atoms with E-state index in [-0.39, 0.29) is 17.9 Å². The summed E-state index contributed by atoms with van der Waals surface area (Å²) in [6, 6.07) is -0.216. The Morgan fingerprint density at radius 3 is 2.73 bits per heavy atom. The van der Waals surface area contributed by atoms with Gasteiger partial charge in [-0.15, -0.1) is 0 Å². The number of aromatic nitrogens is 1. The first-order valence-electron chi connectivity index (χ1n) is 7.31. The Morgan fingerprint density at radius 1 is 1.32 bits per heavy atom. The largest absolute Gasteiger partial charge is 0.473 e. The topological polar surface area (TPSA) is 66.0 Å². The Kier molecular flexibility index (Phi) is 4.05. The van der Waals surface area contributed by atoms with Gasteiger partial charge in [-0.1, -0.05) is 11.3 Å². The SMILES string of the molecule is COc1nc(C)c(C(=O)N2CCN3CCN(C)C(=O)[C@@H]3C2)s1. The zero-order chi connectivity index (χ0) is 15.9. The summed E-state index contributed by atoms with van der Waals surface area (Å²) in [5.74, 6) is 0.0429. The molecule has 0 radical (unpaired) electrons. The molecular weight excluding hydrogens is 304 g/mol. The number of methoxy groups -OCH3 is 1. The number of amides is 2. The average Bonchev–Trinajstić information content (AvgIpc) is 2.91. The highest BCUT2D eigenvalue weighted by molar-refractivity contribution is 7.15. The number of piperazine rings is 2. The second-order valence-electron chi connectivity index (χ2n) is 5.66. The Morgan fingerprint density at radius 2 is 2.05 bits per heavy atom. The highest BCUT2D eigenvalue weighted by atomic mass is 32.1. The van der Waals surface area contributed by atoms with Crippen LogP contribution in [0, 0.1) is 6.92 Å². The van der Waals surface area contributed by atoms with Crippen LogP contribution in [0.1, 0.15) is 15.4 Å². The van der Waals surface area contributed by atoms with Crippen molar-refractivity contribution >= 4 is 23.2 Å². The van der Waals surface area contributed by atoms with Gasteiger partial charge in [-0.3, -0.25) is 14.5 Å². The molecule has 0 bridgehead atoms. The molecule has 1 aromatic heterocycles. The number of hydrogen-bond donors (Lipinski definition) is 0. The first kappa shape index (κ1) is 15.2. The smallest absolute Gasteiger partial charge is 0.273 e. The molecule has 8 heteroatoms. The lowest BCUT2D eigenvalue weighted by Gasteiger charge is -2.45. The zero-order valence-corrected chi connectivity index (χ0v) is 13.9.